The molecule has 0 unspecified atom stereocenters. The lowest BCUT2D eigenvalue weighted by Gasteiger charge is -2.15. The maximum Gasteiger partial charge on any atom is 0.272 e. The summed E-state index contributed by atoms with van der Waals surface area (Å²) in [6.07, 6.45) is -2.64. The minimum atomic E-state index is -4.03. The van der Waals surface area contributed by atoms with Crippen LogP contribution < -0.4 is 9.46 Å². The lowest BCUT2D eigenvalue weighted by Crippen LogP contribution is -2.13. The van der Waals surface area contributed by atoms with Crippen LogP contribution in [0.25, 0.3) is 10.8 Å². The highest BCUT2D eigenvalue weighted by Gasteiger charge is 2.19. The Hall–Kier alpha value is -2.98. The quantitative estimate of drug-likeness (QED) is 0.229. The minimum absolute atomic E-state index is 0.0367. The van der Waals surface area contributed by atoms with Crippen LogP contribution in [-0.2, 0) is 10.0 Å². The van der Waals surface area contributed by atoms with Crippen molar-refractivity contribution in [3.63, 3.8) is 0 Å². The molecule has 0 spiro atoms. The van der Waals surface area contributed by atoms with E-state index in [2.05, 4.69) is 11.3 Å². The molecule has 3 rings (SSSR count). The summed E-state index contributed by atoms with van der Waals surface area (Å²) in [5, 5.41) is 20.8. The van der Waals surface area contributed by atoms with Crippen LogP contribution in [0, 0.1) is 0 Å². The fraction of sp³-hybridized carbons (Fsp3) is 0.143. The molecule has 0 aromatic heterocycles. The van der Waals surface area contributed by atoms with Gasteiger partial charge < -0.3 is 14.9 Å². The van der Waals surface area contributed by atoms with Crippen LogP contribution in [0.3, 0.4) is 0 Å². The highest BCUT2D eigenvalue weighted by molar-refractivity contribution is 7.99. The third-order valence-electron chi connectivity index (χ3n) is 4.13. The van der Waals surface area contributed by atoms with E-state index < -0.39 is 23.1 Å². The van der Waals surface area contributed by atoms with Crippen molar-refractivity contribution < 1.29 is 32.1 Å². The maximum absolute atomic E-state index is 12.9. The molecular formula is C21H19F2NO5S2. The smallest absolute Gasteiger partial charge is 0.272 e. The SMILES string of the molecule is C=C(O)CSc1cc(NS(=O)(=O)c2ccc(OCC(F)F)cc2)c2ccccc2c1O. The molecule has 10 heteroatoms. The Kier molecular flexibility index (Phi) is 6.91. The van der Waals surface area contributed by atoms with Gasteiger partial charge in [-0.05, 0) is 30.3 Å². The maximum atomic E-state index is 12.9. The summed E-state index contributed by atoms with van der Waals surface area (Å²) in [6, 6.07) is 13.3. The van der Waals surface area contributed by atoms with Gasteiger partial charge in [-0.2, -0.15) is 0 Å². The number of benzene rings is 3. The molecule has 0 aliphatic heterocycles. The lowest BCUT2D eigenvalue weighted by molar-refractivity contribution is 0.0819. The Morgan fingerprint density at radius 2 is 1.77 bits per heavy atom. The lowest BCUT2D eigenvalue weighted by atomic mass is 10.1. The third-order valence-corrected chi connectivity index (χ3v) is 6.61. The van der Waals surface area contributed by atoms with E-state index in [9.17, 15) is 27.4 Å². The number of sulfonamides is 1. The zero-order chi connectivity index (χ0) is 22.6. The van der Waals surface area contributed by atoms with Crippen LogP contribution in [0.1, 0.15) is 0 Å². The van der Waals surface area contributed by atoms with Gasteiger partial charge in [0.1, 0.15) is 18.1 Å². The number of thioether (sulfide) groups is 1. The van der Waals surface area contributed by atoms with Gasteiger partial charge in [0.05, 0.1) is 27.0 Å². The summed E-state index contributed by atoms with van der Waals surface area (Å²) >= 11 is 1.10. The van der Waals surface area contributed by atoms with Crippen molar-refractivity contribution in [2.45, 2.75) is 16.2 Å². The second-order valence-electron chi connectivity index (χ2n) is 6.45. The standard InChI is InChI=1S/C21H19F2NO5S2/c1-13(25)12-30-19-10-18(16-4-2-3-5-17(16)21(19)26)24-31(27,28)15-8-6-14(7-9-15)29-11-20(22)23/h2-10,20,24-26H,1,11-12H2. The first-order chi connectivity index (χ1) is 14.7. The van der Waals surface area contributed by atoms with E-state index in [0.29, 0.717) is 15.7 Å². The van der Waals surface area contributed by atoms with Crippen LogP contribution >= 0.6 is 11.8 Å². The van der Waals surface area contributed by atoms with E-state index in [1.54, 1.807) is 24.3 Å². The predicted octanol–water partition coefficient (Wildman–Crippen LogP) is 5.15. The predicted molar refractivity (Wildman–Crippen MR) is 117 cm³/mol. The van der Waals surface area contributed by atoms with Gasteiger partial charge in [-0.3, -0.25) is 4.72 Å². The molecule has 0 fully saturated rings. The number of aliphatic hydroxyl groups is 1. The zero-order valence-corrected chi connectivity index (χ0v) is 17.7. The first-order valence-corrected chi connectivity index (χ1v) is 11.4. The van der Waals surface area contributed by atoms with Gasteiger partial charge in [-0.15, -0.1) is 11.8 Å². The fourth-order valence-corrected chi connectivity index (χ4v) is 4.61. The summed E-state index contributed by atoms with van der Waals surface area (Å²) in [6.45, 7) is 2.62. The summed E-state index contributed by atoms with van der Waals surface area (Å²) < 4.78 is 57.6. The van der Waals surface area contributed by atoms with E-state index in [-0.39, 0.29) is 33.6 Å². The van der Waals surface area contributed by atoms with Gasteiger partial charge in [0.25, 0.3) is 16.4 Å². The summed E-state index contributed by atoms with van der Waals surface area (Å²) in [7, 11) is -4.03. The molecule has 3 aromatic rings. The molecule has 0 radical (unpaired) electrons. The van der Waals surface area contributed by atoms with Gasteiger partial charge in [-0.25, -0.2) is 17.2 Å². The Morgan fingerprint density at radius 3 is 2.39 bits per heavy atom. The van der Waals surface area contributed by atoms with Crippen LogP contribution in [0.2, 0.25) is 0 Å². The first-order valence-electron chi connectivity index (χ1n) is 8.95. The molecule has 0 aliphatic carbocycles. The van der Waals surface area contributed by atoms with Gasteiger partial charge >= 0.3 is 0 Å². The van der Waals surface area contributed by atoms with Gasteiger partial charge in [0, 0.05) is 10.8 Å². The molecule has 6 nitrogen and oxygen atoms in total. The van der Waals surface area contributed by atoms with Crippen molar-refractivity contribution in [2.75, 3.05) is 17.1 Å². The van der Waals surface area contributed by atoms with Gasteiger partial charge in [0.15, 0.2) is 0 Å². The Morgan fingerprint density at radius 1 is 1.13 bits per heavy atom. The van der Waals surface area contributed by atoms with Crippen LogP contribution in [0.15, 0.2) is 76.7 Å². The van der Waals surface area contributed by atoms with Crippen molar-refractivity contribution in [3.05, 3.63) is 66.9 Å². The van der Waals surface area contributed by atoms with Crippen LogP contribution in [0.5, 0.6) is 11.5 Å². The molecule has 3 aromatic carbocycles. The third kappa shape index (κ3) is 5.59. The molecule has 31 heavy (non-hydrogen) atoms. The number of aromatic hydroxyl groups is 1. The number of phenols is 1. The second kappa shape index (κ2) is 9.44. The molecule has 0 heterocycles. The number of aliphatic hydroxyl groups excluding tert-OH is 1. The fourth-order valence-electron chi connectivity index (χ4n) is 2.77. The summed E-state index contributed by atoms with van der Waals surface area (Å²) in [4.78, 5) is 0.273. The number of fused-ring (bicyclic) bond motifs is 1. The molecule has 0 atom stereocenters. The highest BCUT2D eigenvalue weighted by atomic mass is 32.2. The van der Waals surface area contributed by atoms with Crippen molar-refractivity contribution >= 4 is 38.2 Å². The molecule has 0 bridgehead atoms. The average molecular weight is 468 g/mol. The molecule has 3 N–H and O–H groups in total. The van der Waals surface area contributed by atoms with E-state index in [1.807, 2.05) is 0 Å². The molecule has 0 saturated heterocycles. The van der Waals surface area contributed by atoms with E-state index in [1.165, 1.54) is 30.3 Å². The van der Waals surface area contributed by atoms with E-state index in [0.717, 1.165) is 11.8 Å². The Labute approximate surface area is 182 Å². The molecule has 164 valence electrons. The molecule has 0 aliphatic rings. The highest BCUT2D eigenvalue weighted by Crippen LogP contribution is 2.40. The normalized spacial score (nSPS) is 11.6. The van der Waals surface area contributed by atoms with Crippen LogP contribution in [-0.4, -0.2) is 37.4 Å². The van der Waals surface area contributed by atoms with Gasteiger partial charge in [0.2, 0.25) is 0 Å². The first kappa shape index (κ1) is 22.7. The number of rotatable bonds is 9. The van der Waals surface area contributed by atoms with Crippen molar-refractivity contribution in [2.24, 2.45) is 0 Å². The number of alkyl halides is 2. The average Bonchev–Trinajstić information content (AvgIpc) is 2.73. The zero-order valence-electron chi connectivity index (χ0n) is 16.1. The number of hydrogen-bond acceptors (Lipinski definition) is 6. The van der Waals surface area contributed by atoms with Crippen molar-refractivity contribution in [1.82, 2.24) is 0 Å². The Bertz CT molecular complexity index is 1200. The second-order valence-corrected chi connectivity index (χ2v) is 9.15. The number of nitrogens with one attached hydrogen (secondary N) is 1. The van der Waals surface area contributed by atoms with Crippen molar-refractivity contribution in [3.8, 4) is 11.5 Å². The largest absolute Gasteiger partial charge is 0.512 e. The van der Waals surface area contributed by atoms with Crippen LogP contribution in [0.4, 0.5) is 14.5 Å². The van der Waals surface area contributed by atoms with Gasteiger partial charge in [-0.1, -0.05) is 30.8 Å². The number of anilines is 1. The number of hydrogen-bond donors (Lipinski definition) is 3. The van der Waals surface area contributed by atoms with E-state index in [4.69, 9.17) is 4.74 Å². The topological polar surface area (TPSA) is 95.9 Å². The van der Waals surface area contributed by atoms with Crippen molar-refractivity contribution in [1.29, 1.82) is 0 Å². The number of ether oxygens (including phenoxy) is 1. The molecule has 0 saturated carbocycles. The monoisotopic (exact) mass is 467 g/mol. The summed E-state index contributed by atoms with van der Waals surface area (Å²) in [5.41, 5.74) is 0.234. The molecule has 0 amide bonds. The summed E-state index contributed by atoms with van der Waals surface area (Å²) in [5.74, 6) is 0.120. The molecular weight excluding hydrogens is 448 g/mol. The van der Waals surface area contributed by atoms with E-state index >= 15 is 0 Å². The Balaban J connectivity index is 1.94. The number of halogens is 2. The number of phenolic OH excluding ortho intramolecular Hbond substituents is 1. The minimum Gasteiger partial charge on any atom is -0.512 e.